The van der Waals surface area contributed by atoms with Gasteiger partial charge in [0.2, 0.25) is 5.91 Å². The molecule has 29 heavy (non-hydrogen) atoms. The number of aldehydes is 1. The second kappa shape index (κ2) is 6.55. The van der Waals surface area contributed by atoms with Gasteiger partial charge in [0.1, 0.15) is 6.54 Å². The maximum absolute atomic E-state index is 13.1. The highest BCUT2D eigenvalue weighted by atomic mass is 35.5. The van der Waals surface area contributed by atoms with E-state index < -0.39 is 24.3 Å². The van der Waals surface area contributed by atoms with E-state index in [1.54, 1.807) is 0 Å². The van der Waals surface area contributed by atoms with E-state index in [4.69, 9.17) is 16.0 Å². The van der Waals surface area contributed by atoms with Gasteiger partial charge >= 0.3 is 6.29 Å². The van der Waals surface area contributed by atoms with E-state index in [0.717, 1.165) is 9.58 Å². The fourth-order valence-corrected chi connectivity index (χ4v) is 2.98. The molecule has 3 heterocycles. The maximum Gasteiger partial charge on any atom is 0.586 e. The second-order valence-corrected chi connectivity index (χ2v) is 6.37. The number of ether oxygens (including phenoxy) is 2. The lowest BCUT2D eigenvalue weighted by molar-refractivity contribution is -0.286. The summed E-state index contributed by atoms with van der Waals surface area (Å²) >= 11 is 5.97. The Balaban J connectivity index is 1.61. The molecule has 0 aliphatic carbocycles. The summed E-state index contributed by atoms with van der Waals surface area (Å²) in [4.78, 5) is 37.0. The van der Waals surface area contributed by atoms with Crippen molar-refractivity contribution < 1.29 is 32.3 Å². The average molecular weight is 426 g/mol. The molecule has 0 saturated heterocycles. The van der Waals surface area contributed by atoms with Crippen molar-refractivity contribution in [3.05, 3.63) is 45.5 Å². The molecule has 0 saturated carbocycles. The van der Waals surface area contributed by atoms with Crippen LogP contribution in [0, 0.1) is 0 Å². The van der Waals surface area contributed by atoms with Crippen molar-refractivity contribution in [3.63, 3.8) is 0 Å². The molecule has 2 aromatic heterocycles. The van der Waals surface area contributed by atoms with Crippen LogP contribution in [0.2, 0.25) is 5.15 Å². The molecule has 0 unspecified atom stereocenters. The fraction of sp³-hybridized carbons (Fsp3) is 0.176. The Morgan fingerprint density at radius 2 is 2.03 bits per heavy atom. The van der Waals surface area contributed by atoms with Crippen molar-refractivity contribution in [3.8, 4) is 11.5 Å². The van der Waals surface area contributed by atoms with Crippen LogP contribution in [0.1, 0.15) is 10.6 Å². The van der Waals surface area contributed by atoms with Crippen molar-refractivity contribution >= 4 is 40.5 Å². The lowest BCUT2D eigenvalue weighted by Gasteiger charge is -2.18. The number of aromatic nitrogens is 2. The number of hydrogen-bond donors (Lipinski definition) is 0. The van der Waals surface area contributed by atoms with Gasteiger partial charge in [0.25, 0.3) is 5.56 Å². The van der Waals surface area contributed by atoms with E-state index in [2.05, 4.69) is 14.6 Å². The summed E-state index contributed by atoms with van der Waals surface area (Å²) in [5.41, 5.74) is -0.525. The number of carbonyl (C=O) groups is 2. The first-order chi connectivity index (χ1) is 13.7. The number of anilines is 1. The van der Waals surface area contributed by atoms with Crippen molar-refractivity contribution in [2.45, 2.75) is 12.8 Å². The minimum atomic E-state index is -3.78. The van der Waals surface area contributed by atoms with Crippen molar-refractivity contribution in [1.29, 1.82) is 0 Å². The minimum absolute atomic E-state index is 0.00661. The summed E-state index contributed by atoms with van der Waals surface area (Å²) in [6.07, 6.45) is -3.37. The molecule has 1 aliphatic heterocycles. The van der Waals surface area contributed by atoms with Gasteiger partial charge in [-0.05, 0) is 12.1 Å². The monoisotopic (exact) mass is 425 g/mol. The van der Waals surface area contributed by atoms with E-state index in [9.17, 15) is 23.2 Å². The van der Waals surface area contributed by atoms with Gasteiger partial charge in [-0.1, -0.05) is 11.6 Å². The van der Waals surface area contributed by atoms with Gasteiger partial charge in [-0.3, -0.25) is 14.4 Å². The van der Waals surface area contributed by atoms with Crippen LogP contribution in [0.25, 0.3) is 11.0 Å². The quantitative estimate of drug-likeness (QED) is 0.591. The Morgan fingerprint density at radius 3 is 2.76 bits per heavy atom. The molecule has 150 valence electrons. The predicted octanol–water partition coefficient (Wildman–Crippen LogP) is 2.44. The summed E-state index contributed by atoms with van der Waals surface area (Å²) in [5, 5.41) is 3.60. The molecular formula is C17H10ClF2N3O6. The second-order valence-electron chi connectivity index (χ2n) is 6.01. The fourth-order valence-electron chi connectivity index (χ4n) is 2.75. The van der Waals surface area contributed by atoms with Gasteiger partial charge in [0.15, 0.2) is 34.3 Å². The molecule has 4 rings (SSSR count). The molecule has 0 N–H and O–H groups in total. The van der Waals surface area contributed by atoms with Crippen LogP contribution in [-0.4, -0.2) is 35.3 Å². The lowest BCUT2D eigenvalue weighted by atomic mass is 10.2. The van der Waals surface area contributed by atoms with Crippen molar-refractivity contribution in [2.24, 2.45) is 0 Å². The van der Waals surface area contributed by atoms with Gasteiger partial charge in [-0.2, -0.15) is 5.10 Å². The first-order valence-corrected chi connectivity index (χ1v) is 8.38. The molecule has 0 atom stereocenters. The van der Waals surface area contributed by atoms with E-state index in [0.29, 0.717) is 6.29 Å². The van der Waals surface area contributed by atoms with E-state index in [-0.39, 0.29) is 39.1 Å². The number of furan rings is 1. The number of fused-ring (bicyclic) bond motifs is 2. The Hall–Kier alpha value is -3.47. The third-order valence-electron chi connectivity index (χ3n) is 4.16. The molecule has 0 spiro atoms. The van der Waals surface area contributed by atoms with Gasteiger partial charge in [-0.25, -0.2) is 4.68 Å². The third kappa shape index (κ3) is 3.29. The van der Waals surface area contributed by atoms with Gasteiger partial charge in [-0.15, -0.1) is 8.78 Å². The molecule has 0 bridgehead atoms. The predicted molar refractivity (Wildman–Crippen MR) is 94.7 cm³/mol. The van der Waals surface area contributed by atoms with Crippen LogP contribution < -0.4 is 19.9 Å². The van der Waals surface area contributed by atoms with Gasteiger partial charge in [0, 0.05) is 24.9 Å². The molecule has 1 aromatic carbocycles. The zero-order valence-corrected chi connectivity index (χ0v) is 15.3. The lowest BCUT2D eigenvalue weighted by Crippen LogP contribution is -2.35. The van der Waals surface area contributed by atoms with Gasteiger partial charge in [0.05, 0.1) is 5.39 Å². The molecule has 3 aromatic rings. The number of hydrogen-bond acceptors (Lipinski definition) is 7. The van der Waals surface area contributed by atoms with Crippen LogP contribution in [0.4, 0.5) is 14.5 Å². The minimum Gasteiger partial charge on any atom is -0.450 e. The Bertz CT molecular complexity index is 1220. The van der Waals surface area contributed by atoms with Crippen LogP contribution in [0.3, 0.4) is 0 Å². The van der Waals surface area contributed by atoms with Crippen LogP contribution in [0.5, 0.6) is 11.5 Å². The summed E-state index contributed by atoms with van der Waals surface area (Å²) in [7, 11) is 1.38. The maximum atomic E-state index is 13.1. The van der Waals surface area contributed by atoms with Crippen molar-refractivity contribution in [1.82, 2.24) is 9.78 Å². The smallest absolute Gasteiger partial charge is 0.450 e. The molecule has 9 nitrogen and oxygen atoms in total. The summed E-state index contributed by atoms with van der Waals surface area (Å²) in [6.45, 7) is -0.503. The number of benzene rings is 1. The highest BCUT2D eigenvalue weighted by Crippen LogP contribution is 2.42. The first kappa shape index (κ1) is 18.9. The zero-order chi connectivity index (χ0) is 20.9. The number of nitrogens with zero attached hydrogens (tertiary/aromatic N) is 3. The first-order valence-electron chi connectivity index (χ1n) is 8.00. The highest BCUT2D eigenvalue weighted by Gasteiger charge is 2.43. The molecule has 0 radical (unpaired) electrons. The normalized spacial score (nSPS) is 14.2. The van der Waals surface area contributed by atoms with E-state index in [1.807, 2.05) is 0 Å². The Kier molecular flexibility index (Phi) is 4.26. The van der Waals surface area contributed by atoms with Crippen LogP contribution in [-0.2, 0) is 11.3 Å². The summed E-state index contributed by atoms with van der Waals surface area (Å²) in [6, 6.07) is 5.00. The molecule has 1 amide bonds. The van der Waals surface area contributed by atoms with E-state index in [1.165, 1.54) is 31.3 Å². The largest absolute Gasteiger partial charge is 0.586 e. The van der Waals surface area contributed by atoms with Crippen LogP contribution in [0.15, 0.2) is 33.5 Å². The van der Waals surface area contributed by atoms with Crippen LogP contribution >= 0.6 is 11.6 Å². The number of rotatable bonds is 4. The van der Waals surface area contributed by atoms with E-state index >= 15 is 0 Å². The average Bonchev–Trinajstić information content (AvgIpc) is 3.24. The number of halogens is 3. The number of alkyl halides is 2. The van der Waals surface area contributed by atoms with Gasteiger partial charge < -0.3 is 18.8 Å². The summed E-state index contributed by atoms with van der Waals surface area (Å²) < 4.78 is 40.9. The molecule has 0 fully saturated rings. The number of amides is 1. The third-order valence-corrected chi connectivity index (χ3v) is 4.41. The topological polar surface area (TPSA) is 104 Å². The Labute approximate surface area is 165 Å². The summed E-state index contributed by atoms with van der Waals surface area (Å²) in [5.74, 6) is -1.11. The Morgan fingerprint density at radius 1 is 1.31 bits per heavy atom. The number of likely N-dealkylation sites (N-methyl/N-ethyl adjacent to an activating group) is 1. The van der Waals surface area contributed by atoms with Crippen molar-refractivity contribution in [2.75, 3.05) is 11.9 Å². The highest BCUT2D eigenvalue weighted by molar-refractivity contribution is 6.33. The SMILES string of the molecule is CN(C(=O)Cn1nc(Cl)c2oc(C=O)cc2c1=O)c1ccc2c(c1)OC(F)(F)O2. The standard InChI is InChI=1S/C17H10ClF2N3O6/c1-22(8-2-3-11-12(4-8)29-17(19,20)28-11)13(25)6-23-16(26)10-5-9(7-24)27-14(10)15(18)21-23/h2-5,7H,6H2,1H3. The molecule has 12 heteroatoms. The number of carbonyl (C=O) groups excluding carboxylic acids is 2. The molecule has 1 aliphatic rings. The molecular weight excluding hydrogens is 416 g/mol. The zero-order valence-electron chi connectivity index (χ0n) is 14.5.